The number of aromatic nitrogens is 2. The highest BCUT2D eigenvalue weighted by Crippen LogP contribution is 2.42. The summed E-state index contributed by atoms with van der Waals surface area (Å²) < 4.78 is 43.9. The number of Topliss-reactive ketones (excluding diaryl/α,β-unsaturated/α-hetero) is 1. The fourth-order valence-electron chi connectivity index (χ4n) is 7.10. The van der Waals surface area contributed by atoms with Gasteiger partial charge in [0.2, 0.25) is 17.6 Å². The number of nitrogens with zero attached hydrogens (tertiary/aromatic N) is 3. The summed E-state index contributed by atoms with van der Waals surface area (Å²) in [7, 11) is 0. The van der Waals surface area contributed by atoms with Gasteiger partial charge in [-0.25, -0.2) is 4.98 Å². The molecule has 12 nitrogen and oxygen atoms in total. The zero-order valence-corrected chi connectivity index (χ0v) is 25.0. The summed E-state index contributed by atoms with van der Waals surface area (Å²) in [5.74, 6) is -4.31. The molecule has 4 aliphatic rings. The lowest BCUT2D eigenvalue weighted by Gasteiger charge is -2.38. The fraction of sp³-hybridized carbons (Fsp3) is 0.700. The predicted molar refractivity (Wildman–Crippen MR) is 153 cm³/mol. The molecule has 0 aromatic carbocycles. The lowest BCUT2D eigenvalue weighted by molar-refractivity contribution is -0.167. The summed E-state index contributed by atoms with van der Waals surface area (Å²) in [6, 6.07) is -4.58. The molecule has 1 aromatic heterocycles. The number of amides is 4. The van der Waals surface area contributed by atoms with E-state index in [9.17, 15) is 37.1 Å². The molecule has 1 aromatic rings. The molecule has 4 amide bonds. The molecule has 5 rings (SSSR count). The average molecular weight is 636 g/mol. The average Bonchev–Trinajstić information content (AvgIpc) is 3.59. The van der Waals surface area contributed by atoms with Gasteiger partial charge >= 0.3 is 6.18 Å². The SMILES string of the molecule is O=C(CNC(=O)[C@@H]1[C@H]2CCC[C@H]2CN1C(=O)CN[C@H]([C@@H](NC(=O)c1cnccn1)C1CCCCC1)C(F)(F)F)C(=O)NC1CC1. The first-order valence-electron chi connectivity index (χ1n) is 15.8. The molecule has 0 spiro atoms. The molecular formula is C30H40F3N7O5. The maximum absolute atomic E-state index is 14.6. The molecule has 0 unspecified atom stereocenters. The molecule has 1 aliphatic heterocycles. The van der Waals surface area contributed by atoms with E-state index in [1.807, 2.05) is 0 Å². The third kappa shape index (κ3) is 8.16. The van der Waals surface area contributed by atoms with E-state index in [1.165, 1.54) is 23.5 Å². The number of carbonyl (C=O) groups excluding carboxylic acids is 5. The van der Waals surface area contributed by atoms with Gasteiger partial charge in [-0.05, 0) is 56.3 Å². The van der Waals surface area contributed by atoms with Crippen molar-refractivity contribution >= 4 is 29.4 Å². The Bertz CT molecular complexity index is 1260. The van der Waals surface area contributed by atoms with Crippen molar-refractivity contribution in [2.75, 3.05) is 19.6 Å². The molecule has 3 saturated carbocycles. The number of alkyl halides is 3. The maximum Gasteiger partial charge on any atom is 0.405 e. The highest BCUT2D eigenvalue weighted by Gasteiger charge is 2.51. The summed E-state index contributed by atoms with van der Waals surface area (Å²) in [5.41, 5.74) is -0.115. The molecule has 3 aliphatic carbocycles. The molecule has 15 heteroatoms. The van der Waals surface area contributed by atoms with Crippen LogP contribution >= 0.6 is 0 Å². The van der Waals surface area contributed by atoms with Crippen LogP contribution in [0, 0.1) is 17.8 Å². The Labute approximate surface area is 259 Å². The van der Waals surface area contributed by atoms with Crippen LogP contribution in [-0.2, 0) is 19.2 Å². The highest BCUT2D eigenvalue weighted by atomic mass is 19.4. The van der Waals surface area contributed by atoms with Crippen LogP contribution in [0.15, 0.2) is 18.6 Å². The number of fused-ring (bicyclic) bond motifs is 1. The zero-order valence-electron chi connectivity index (χ0n) is 25.0. The first-order chi connectivity index (χ1) is 21.5. The first-order valence-corrected chi connectivity index (χ1v) is 15.8. The topological polar surface area (TPSA) is 162 Å². The highest BCUT2D eigenvalue weighted by molar-refractivity contribution is 6.37. The molecule has 0 bridgehead atoms. The van der Waals surface area contributed by atoms with Gasteiger partial charge in [-0.15, -0.1) is 0 Å². The number of rotatable bonds is 12. The number of likely N-dealkylation sites (tertiary alicyclic amines) is 1. The number of carbonyl (C=O) groups is 5. The smallest absolute Gasteiger partial charge is 0.347 e. The van der Waals surface area contributed by atoms with Crippen molar-refractivity contribution in [3.63, 3.8) is 0 Å². The Morgan fingerprint density at radius 3 is 2.36 bits per heavy atom. The van der Waals surface area contributed by atoms with Crippen LogP contribution in [0.2, 0.25) is 0 Å². The summed E-state index contributed by atoms with van der Waals surface area (Å²) in [6.45, 7) is -1.03. The molecule has 4 fully saturated rings. The Hall–Kier alpha value is -3.62. The van der Waals surface area contributed by atoms with Crippen molar-refractivity contribution in [2.45, 2.75) is 94.6 Å². The standard InChI is InChI=1S/C30H40F3N7O5/c31-30(32,33)26(24(17-5-2-1-3-6-17)39-27(43)21-13-34-11-12-35-21)36-15-23(42)40-16-18-7-4-8-20(18)25(40)29(45)37-14-22(41)28(44)38-19-9-10-19/h11-13,17-20,24-26,36H,1-10,14-16H2,(H,37,45)(H,38,44)(H,39,43)/t18-,20-,24-,25-,26+/m0/s1. The van der Waals surface area contributed by atoms with Gasteiger partial charge < -0.3 is 20.9 Å². The van der Waals surface area contributed by atoms with E-state index < -0.39 is 72.7 Å². The number of nitrogens with one attached hydrogen (secondary N) is 4. The van der Waals surface area contributed by atoms with Crippen LogP contribution in [0.4, 0.5) is 13.2 Å². The number of hydrogen-bond acceptors (Lipinski definition) is 8. The van der Waals surface area contributed by atoms with E-state index >= 15 is 0 Å². The van der Waals surface area contributed by atoms with E-state index in [0.29, 0.717) is 19.3 Å². The Kier molecular flexibility index (Phi) is 10.3. The van der Waals surface area contributed by atoms with Crippen LogP contribution in [-0.4, -0.2) is 94.3 Å². The second kappa shape index (κ2) is 14.2. The first kappa shape index (κ1) is 32.8. The third-order valence-electron chi connectivity index (χ3n) is 9.50. The van der Waals surface area contributed by atoms with Crippen LogP contribution in [0.5, 0.6) is 0 Å². The van der Waals surface area contributed by atoms with Crippen LogP contribution in [0.3, 0.4) is 0 Å². The van der Waals surface area contributed by atoms with Crippen molar-refractivity contribution in [3.8, 4) is 0 Å². The lowest BCUT2D eigenvalue weighted by Crippen LogP contribution is -2.62. The minimum Gasteiger partial charge on any atom is -0.347 e. The summed E-state index contributed by atoms with van der Waals surface area (Å²) in [4.78, 5) is 73.0. The molecule has 5 atom stereocenters. The molecule has 1 saturated heterocycles. The van der Waals surface area contributed by atoms with Gasteiger partial charge in [-0.2, -0.15) is 13.2 Å². The molecule has 4 N–H and O–H groups in total. The van der Waals surface area contributed by atoms with Crippen LogP contribution in [0.25, 0.3) is 0 Å². The summed E-state index contributed by atoms with van der Waals surface area (Å²) in [5, 5.41) is 9.98. The number of halogens is 3. The summed E-state index contributed by atoms with van der Waals surface area (Å²) in [6.07, 6.45) is 6.21. The number of ketones is 1. The second-order valence-corrected chi connectivity index (χ2v) is 12.6. The van der Waals surface area contributed by atoms with E-state index in [4.69, 9.17) is 0 Å². The number of hydrogen-bond donors (Lipinski definition) is 4. The van der Waals surface area contributed by atoms with E-state index in [2.05, 4.69) is 31.2 Å². The molecule has 0 radical (unpaired) electrons. The minimum atomic E-state index is -4.81. The minimum absolute atomic E-state index is 0.0123. The molecular weight excluding hydrogens is 595 g/mol. The van der Waals surface area contributed by atoms with E-state index in [1.54, 1.807) is 0 Å². The van der Waals surface area contributed by atoms with Gasteiger partial charge in [-0.3, -0.25) is 34.3 Å². The monoisotopic (exact) mass is 635 g/mol. The summed E-state index contributed by atoms with van der Waals surface area (Å²) >= 11 is 0. The van der Waals surface area contributed by atoms with Crippen molar-refractivity contribution in [3.05, 3.63) is 24.3 Å². The van der Waals surface area contributed by atoms with Crippen molar-refractivity contribution in [1.82, 2.24) is 36.1 Å². The molecule has 45 heavy (non-hydrogen) atoms. The Morgan fingerprint density at radius 2 is 1.69 bits per heavy atom. The van der Waals surface area contributed by atoms with Gasteiger partial charge in [0.25, 0.3) is 11.8 Å². The van der Waals surface area contributed by atoms with E-state index in [0.717, 1.165) is 44.9 Å². The maximum atomic E-state index is 14.6. The van der Waals surface area contributed by atoms with Crippen molar-refractivity contribution in [2.24, 2.45) is 17.8 Å². The van der Waals surface area contributed by atoms with Crippen LogP contribution in [0.1, 0.15) is 74.7 Å². The molecule has 246 valence electrons. The van der Waals surface area contributed by atoms with Gasteiger partial charge in [0, 0.05) is 25.0 Å². The largest absolute Gasteiger partial charge is 0.405 e. The third-order valence-corrected chi connectivity index (χ3v) is 9.50. The van der Waals surface area contributed by atoms with E-state index in [-0.39, 0.29) is 30.1 Å². The Balaban J connectivity index is 1.27. The second-order valence-electron chi connectivity index (χ2n) is 12.6. The van der Waals surface area contributed by atoms with Gasteiger partial charge in [0.05, 0.1) is 25.3 Å². The Morgan fingerprint density at radius 1 is 0.933 bits per heavy atom. The quantitative estimate of drug-likeness (QED) is 0.250. The van der Waals surface area contributed by atoms with Crippen molar-refractivity contribution < 1.29 is 37.1 Å². The normalized spacial score (nSPS) is 24.8. The van der Waals surface area contributed by atoms with Gasteiger partial charge in [0.1, 0.15) is 17.8 Å². The van der Waals surface area contributed by atoms with Gasteiger partial charge in [-0.1, -0.05) is 25.7 Å². The van der Waals surface area contributed by atoms with Crippen LogP contribution < -0.4 is 21.3 Å². The zero-order chi connectivity index (χ0) is 32.1. The van der Waals surface area contributed by atoms with Crippen molar-refractivity contribution in [1.29, 1.82) is 0 Å². The van der Waals surface area contributed by atoms with Gasteiger partial charge in [0.15, 0.2) is 0 Å². The fourth-order valence-corrected chi connectivity index (χ4v) is 7.10. The molecule has 2 heterocycles. The lowest BCUT2D eigenvalue weighted by atomic mass is 9.80. The predicted octanol–water partition coefficient (Wildman–Crippen LogP) is 1.27.